The standard InChI is InChI=1S/C20H22N4O2S/c1-14-8-10-15(11-9-14)12-21-19(25)20-23-22-18(27-20)13-24(2)16-6-4-5-7-17(16)26-3/h4-11H,12-13H2,1-3H3,(H,21,25). The zero-order valence-corrected chi connectivity index (χ0v) is 16.4. The van der Waals surface area contributed by atoms with E-state index in [0.29, 0.717) is 18.1 Å². The van der Waals surface area contributed by atoms with Crippen molar-refractivity contribution in [1.29, 1.82) is 0 Å². The molecule has 27 heavy (non-hydrogen) atoms. The molecule has 0 saturated heterocycles. The Morgan fingerprint density at radius 3 is 2.63 bits per heavy atom. The highest BCUT2D eigenvalue weighted by atomic mass is 32.1. The Hall–Kier alpha value is -2.93. The van der Waals surface area contributed by atoms with Crippen LogP contribution < -0.4 is 15.0 Å². The van der Waals surface area contributed by atoms with Gasteiger partial charge in [0.2, 0.25) is 5.01 Å². The van der Waals surface area contributed by atoms with Crippen LogP contribution in [0.1, 0.15) is 25.9 Å². The van der Waals surface area contributed by atoms with Crippen molar-refractivity contribution in [3.63, 3.8) is 0 Å². The van der Waals surface area contributed by atoms with E-state index in [0.717, 1.165) is 22.0 Å². The second-order valence-electron chi connectivity index (χ2n) is 6.20. The van der Waals surface area contributed by atoms with Crippen LogP contribution in [0.5, 0.6) is 5.75 Å². The maximum Gasteiger partial charge on any atom is 0.282 e. The van der Waals surface area contributed by atoms with Gasteiger partial charge in [0, 0.05) is 13.6 Å². The van der Waals surface area contributed by atoms with Crippen LogP contribution in [0.4, 0.5) is 5.69 Å². The van der Waals surface area contributed by atoms with Crippen LogP contribution in [0.3, 0.4) is 0 Å². The van der Waals surface area contributed by atoms with Gasteiger partial charge in [-0.25, -0.2) is 0 Å². The van der Waals surface area contributed by atoms with Crippen molar-refractivity contribution in [2.24, 2.45) is 0 Å². The molecule has 1 aromatic heterocycles. The summed E-state index contributed by atoms with van der Waals surface area (Å²) < 4.78 is 5.39. The van der Waals surface area contributed by atoms with Crippen molar-refractivity contribution >= 4 is 22.9 Å². The number of benzene rings is 2. The van der Waals surface area contributed by atoms with Gasteiger partial charge in [-0.3, -0.25) is 4.79 Å². The first-order valence-electron chi connectivity index (χ1n) is 8.57. The van der Waals surface area contributed by atoms with Crippen LogP contribution >= 0.6 is 11.3 Å². The summed E-state index contributed by atoms with van der Waals surface area (Å²) in [5.41, 5.74) is 3.20. The van der Waals surface area contributed by atoms with Gasteiger partial charge in [-0.1, -0.05) is 53.3 Å². The first-order chi connectivity index (χ1) is 13.1. The molecule has 0 saturated carbocycles. The highest BCUT2D eigenvalue weighted by Crippen LogP contribution is 2.28. The second kappa shape index (κ2) is 8.64. The molecule has 7 heteroatoms. The monoisotopic (exact) mass is 382 g/mol. The summed E-state index contributed by atoms with van der Waals surface area (Å²) >= 11 is 1.30. The first kappa shape index (κ1) is 18.8. The van der Waals surface area contributed by atoms with E-state index in [1.54, 1.807) is 7.11 Å². The molecule has 0 aliphatic carbocycles. The van der Waals surface area contributed by atoms with Crippen LogP contribution in [-0.2, 0) is 13.1 Å². The SMILES string of the molecule is COc1ccccc1N(C)Cc1nnc(C(=O)NCc2ccc(C)cc2)s1. The average molecular weight is 382 g/mol. The molecule has 0 bridgehead atoms. The highest BCUT2D eigenvalue weighted by molar-refractivity contribution is 7.13. The first-order valence-corrected chi connectivity index (χ1v) is 9.38. The van der Waals surface area contributed by atoms with E-state index >= 15 is 0 Å². The van der Waals surface area contributed by atoms with Gasteiger partial charge in [-0.2, -0.15) is 0 Å². The summed E-state index contributed by atoms with van der Waals surface area (Å²) in [6.45, 7) is 3.05. The summed E-state index contributed by atoms with van der Waals surface area (Å²) in [7, 11) is 3.60. The Morgan fingerprint density at radius 1 is 1.15 bits per heavy atom. The van der Waals surface area contributed by atoms with Crippen LogP contribution in [0.25, 0.3) is 0 Å². The second-order valence-corrected chi connectivity index (χ2v) is 7.26. The molecule has 3 rings (SSSR count). The number of nitrogens with one attached hydrogen (secondary N) is 1. The number of amides is 1. The smallest absolute Gasteiger partial charge is 0.282 e. The Labute approximate surface area is 162 Å². The molecular formula is C20H22N4O2S. The van der Waals surface area contributed by atoms with E-state index in [-0.39, 0.29) is 5.91 Å². The number of carbonyl (C=O) groups excluding carboxylic acids is 1. The zero-order chi connectivity index (χ0) is 19.2. The fourth-order valence-electron chi connectivity index (χ4n) is 2.61. The molecule has 0 fully saturated rings. The molecule has 0 radical (unpaired) electrons. The third-order valence-corrected chi connectivity index (χ3v) is 5.01. The molecule has 3 aromatic rings. The number of aryl methyl sites for hydroxylation is 1. The molecule has 2 aromatic carbocycles. The summed E-state index contributed by atoms with van der Waals surface area (Å²) in [5.74, 6) is 0.583. The maximum absolute atomic E-state index is 12.3. The molecule has 140 valence electrons. The molecule has 0 unspecified atom stereocenters. The molecule has 0 aliphatic rings. The topological polar surface area (TPSA) is 67.3 Å². The van der Waals surface area contributed by atoms with Crippen LogP contribution in [0, 0.1) is 6.92 Å². The van der Waals surface area contributed by atoms with Crippen molar-refractivity contribution in [1.82, 2.24) is 15.5 Å². The lowest BCUT2D eigenvalue weighted by atomic mass is 10.1. The molecule has 0 spiro atoms. The van der Waals surface area contributed by atoms with Crippen LogP contribution in [0.2, 0.25) is 0 Å². The quantitative estimate of drug-likeness (QED) is 0.678. The zero-order valence-electron chi connectivity index (χ0n) is 15.6. The van der Waals surface area contributed by atoms with E-state index in [9.17, 15) is 4.79 Å². The number of para-hydroxylation sites is 2. The Kier molecular flexibility index (Phi) is 6.03. The minimum absolute atomic E-state index is 0.209. The number of carbonyl (C=O) groups is 1. The number of rotatable bonds is 7. The summed E-state index contributed by atoms with van der Waals surface area (Å²) in [6, 6.07) is 15.8. The van der Waals surface area contributed by atoms with Gasteiger partial charge in [0.25, 0.3) is 5.91 Å². The lowest BCUT2D eigenvalue weighted by molar-refractivity contribution is 0.0950. The van der Waals surface area contributed by atoms with Crippen molar-refractivity contribution in [3.8, 4) is 5.75 Å². The highest BCUT2D eigenvalue weighted by Gasteiger charge is 2.15. The maximum atomic E-state index is 12.3. The van der Waals surface area contributed by atoms with E-state index < -0.39 is 0 Å². The third-order valence-electron chi connectivity index (χ3n) is 4.10. The van der Waals surface area contributed by atoms with Gasteiger partial charge in [0.15, 0.2) is 0 Å². The summed E-state index contributed by atoms with van der Waals surface area (Å²) in [4.78, 5) is 14.3. The van der Waals surface area contributed by atoms with E-state index in [4.69, 9.17) is 4.74 Å². The molecule has 1 heterocycles. The predicted octanol–water partition coefficient (Wildman–Crippen LogP) is 3.42. The molecule has 0 aliphatic heterocycles. The van der Waals surface area contributed by atoms with Crippen molar-refractivity contribution in [3.05, 3.63) is 69.7 Å². The Balaban J connectivity index is 1.60. The van der Waals surface area contributed by atoms with Crippen molar-refractivity contribution in [2.45, 2.75) is 20.0 Å². The van der Waals surface area contributed by atoms with Gasteiger partial charge in [-0.15, -0.1) is 10.2 Å². The Morgan fingerprint density at radius 2 is 1.89 bits per heavy atom. The molecule has 1 amide bonds. The normalized spacial score (nSPS) is 10.5. The van der Waals surface area contributed by atoms with E-state index in [2.05, 4.69) is 15.5 Å². The fraction of sp³-hybridized carbons (Fsp3) is 0.250. The number of hydrogen-bond acceptors (Lipinski definition) is 6. The molecule has 6 nitrogen and oxygen atoms in total. The van der Waals surface area contributed by atoms with Crippen molar-refractivity contribution in [2.75, 3.05) is 19.1 Å². The van der Waals surface area contributed by atoms with Gasteiger partial charge < -0.3 is 15.0 Å². The van der Waals surface area contributed by atoms with Crippen molar-refractivity contribution < 1.29 is 9.53 Å². The summed E-state index contributed by atoms with van der Waals surface area (Å²) in [5, 5.41) is 12.2. The number of anilines is 1. The average Bonchev–Trinajstić information content (AvgIpc) is 3.15. The number of methoxy groups -OCH3 is 1. The predicted molar refractivity (Wildman–Crippen MR) is 107 cm³/mol. The number of hydrogen-bond donors (Lipinski definition) is 1. The van der Waals surface area contributed by atoms with Gasteiger partial charge in [0.1, 0.15) is 10.8 Å². The number of aromatic nitrogens is 2. The Bertz CT molecular complexity index is 908. The lowest BCUT2D eigenvalue weighted by Crippen LogP contribution is -2.22. The van der Waals surface area contributed by atoms with E-state index in [1.165, 1.54) is 16.9 Å². The fourth-order valence-corrected chi connectivity index (χ4v) is 3.42. The van der Waals surface area contributed by atoms with Gasteiger partial charge in [0.05, 0.1) is 19.3 Å². The van der Waals surface area contributed by atoms with E-state index in [1.807, 2.05) is 67.4 Å². The third kappa shape index (κ3) is 4.83. The number of nitrogens with zero attached hydrogens (tertiary/aromatic N) is 3. The minimum atomic E-state index is -0.209. The van der Waals surface area contributed by atoms with Gasteiger partial charge in [-0.05, 0) is 24.6 Å². The molecular weight excluding hydrogens is 360 g/mol. The largest absolute Gasteiger partial charge is 0.495 e. The molecule has 0 atom stereocenters. The lowest BCUT2D eigenvalue weighted by Gasteiger charge is -2.20. The van der Waals surface area contributed by atoms with Crippen LogP contribution in [0.15, 0.2) is 48.5 Å². The molecule has 1 N–H and O–H groups in total. The van der Waals surface area contributed by atoms with Gasteiger partial charge >= 0.3 is 0 Å². The summed E-state index contributed by atoms with van der Waals surface area (Å²) in [6.07, 6.45) is 0. The van der Waals surface area contributed by atoms with Crippen LogP contribution in [-0.4, -0.2) is 30.3 Å². The number of ether oxygens (including phenoxy) is 1. The minimum Gasteiger partial charge on any atom is -0.495 e.